The number of hydrogen-bond donors (Lipinski definition) is 1. The quantitative estimate of drug-likeness (QED) is 0.724. The second kappa shape index (κ2) is 7.19. The Labute approximate surface area is 172 Å². The SMILES string of the molecule is O=C(N[C@H]1CC[C@@]2(CCN(c3ccc(F)cc3)C2=O)CC1)c1cnn2cccnc12. The van der Waals surface area contributed by atoms with E-state index in [9.17, 15) is 14.0 Å². The molecule has 8 heteroatoms. The van der Waals surface area contributed by atoms with Crippen molar-refractivity contribution in [1.29, 1.82) is 0 Å². The predicted octanol–water partition coefficient (Wildman–Crippen LogP) is 2.96. The third-order valence-electron chi connectivity index (χ3n) is 6.45. The highest BCUT2D eigenvalue weighted by molar-refractivity contribution is 6.00. The van der Waals surface area contributed by atoms with E-state index in [0.717, 1.165) is 37.8 Å². The molecule has 30 heavy (non-hydrogen) atoms. The van der Waals surface area contributed by atoms with E-state index in [4.69, 9.17) is 0 Å². The Morgan fingerprint density at radius 2 is 1.93 bits per heavy atom. The van der Waals surface area contributed by atoms with Crippen molar-refractivity contribution < 1.29 is 14.0 Å². The fourth-order valence-corrected chi connectivity index (χ4v) is 4.72. The zero-order valence-electron chi connectivity index (χ0n) is 16.4. The molecule has 1 N–H and O–H groups in total. The maximum atomic E-state index is 13.2. The van der Waals surface area contributed by atoms with Gasteiger partial charge in [-0.15, -0.1) is 0 Å². The largest absolute Gasteiger partial charge is 0.349 e. The third-order valence-corrected chi connectivity index (χ3v) is 6.45. The molecule has 0 bridgehead atoms. The van der Waals surface area contributed by atoms with E-state index in [0.29, 0.717) is 17.8 Å². The Bertz CT molecular complexity index is 1100. The summed E-state index contributed by atoms with van der Waals surface area (Å²) in [6.07, 6.45) is 8.69. The molecule has 7 nitrogen and oxygen atoms in total. The van der Waals surface area contributed by atoms with Gasteiger partial charge in [0.05, 0.1) is 11.6 Å². The average molecular weight is 407 g/mol. The molecule has 1 aromatic carbocycles. The predicted molar refractivity (Wildman–Crippen MR) is 109 cm³/mol. The molecular formula is C22H22FN5O2. The molecule has 1 aliphatic carbocycles. The van der Waals surface area contributed by atoms with Gasteiger partial charge in [-0.1, -0.05) is 0 Å². The van der Waals surface area contributed by atoms with Crippen LogP contribution in [0.4, 0.5) is 10.1 Å². The Kier molecular flexibility index (Phi) is 4.49. The normalized spacial score (nSPS) is 24.0. The second-order valence-electron chi connectivity index (χ2n) is 8.16. The molecule has 1 spiro atoms. The van der Waals surface area contributed by atoms with E-state index < -0.39 is 0 Å². The minimum Gasteiger partial charge on any atom is -0.349 e. The first-order valence-corrected chi connectivity index (χ1v) is 10.2. The third kappa shape index (κ3) is 3.12. The summed E-state index contributed by atoms with van der Waals surface area (Å²) in [4.78, 5) is 31.9. The van der Waals surface area contributed by atoms with Crippen molar-refractivity contribution in [1.82, 2.24) is 19.9 Å². The van der Waals surface area contributed by atoms with Gasteiger partial charge in [-0.2, -0.15) is 5.10 Å². The average Bonchev–Trinajstić information content (AvgIpc) is 3.33. The minimum atomic E-state index is -0.373. The fraction of sp³-hybridized carbons (Fsp3) is 0.364. The Morgan fingerprint density at radius 3 is 2.70 bits per heavy atom. The molecule has 0 unspecified atom stereocenters. The van der Waals surface area contributed by atoms with E-state index in [2.05, 4.69) is 15.4 Å². The number of fused-ring (bicyclic) bond motifs is 1. The lowest BCUT2D eigenvalue weighted by Gasteiger charge is -2.36. The summed E-state index contributed by atoms with van der Waals surface area (Å²) in [7, 11) is 0. The lowest BCUT2D eigenvalue weighted by atomic mass is 9.71. The number of amides is 2. The molecule has 0 radical (unpaired) electrons. The monoisotopic (exact) mass is 407 g/mol. The topological polar surface area (TPSA) is 79.6 Å². The molecule has 3 aromatic rings. The summed E-state index contributed by atoms with van der Waals surface area (Å²) in [5.41, 5.74) is 1.36. The molecule has 1 aliphatic heterocycles. The minimum absolute atomic E-state index is 0.0226. The van der Waals surface area contributed by atoms with Gasteiger partial charge in [-0.25, -0.2) is 13.9 Å². The van der Waals surface area contributed by atoms with E-state index in [-0.39, 0.29) is 29.1 Å². The molecule has 0 atom stereocenters. The first-order chi connectivity index (χ1) is 14.6. The number of halogens is 1. The molecular weight excluding hydrogens is 385 g/mol. The lowest BCUT2D eigenvalue weighted by Crippen LogP contribution is -2.43. The molecule has 154 valence electrons. The second-order valence-corrected chi connectivity index (χ2v) is 8.16. The van der Waals surface area contributed by atoms with Gasteiger partial charge in [-0.3, -0.25) is 9.59 Å². The van der Waals surface area contributed by atoms with Crippen molar-refractivity contribution in [3.8, 4) is 0 Å². The zero-order valence-corrected chi connectivity index (χ0v) is 16.4. The molecule has 5 rings (SSSR count). The maximum absolute atomic E-state index is 13.2. The van der Waals surface area contributed by atoms with Crippen LogP contribution in [0.2, 0.25) is 0 Å². The van der Waals surface area contributed by atoms with E-state index in [1.54, 1.807) is 40.0 Å². The van der Waals surface area contributed by atoms with Crippen LogP contribution in [-0.4, -0.2) is 39.0 Å². The van der Waals surface area contributed by atoms with Gasteiger partial charge in [0.15, 0.2) is 5.65 Å². The molecule has 3 heterocycles. The van der Waals surface area contributed by atoms with E-state index in [1.807, 2.05) is 0 Å². The van der Waals surface area contributed by atoms with Gasteiger partial charge in [-0.05, 0) is 62.4 Å². The number of aromatic nitrogens is 3. The number of nitrogens with one attached hydrogen (secondary N) is 1. The Morgan fingerprint density at radius 1 is 1.17 bits per heavy atom. The standard InChI is InChI=1S/C22H22FN5O2/c23-15-2-4-17(5-3-15)27-13-10-22(21(27)30)8-6-16(7-9-22)26-20(29)18-14-25-28-12-1-11-24-19(18)28/h1-5,11-12,14,16H,6-10,13H2,(H,26,29)/t16-,22-. The van der Waals surface area contributed by atoms with Crippen molar-refractivity contribution in [3.05, 3.63) is 60.3 Å². The molecule has 1 saturated heterocycles. The lowest BCUT2D eigenvalue weighted by molar-refractivity contribution is -0.127. The fourth-order valence-electron chi connectivity index (χ4n) is 4.72. The first kappa shape index (κ1) is 18.7. The zero-order chi connectivity index (χ0) is 20.7. The molecule has 2 aliphatic rings. The summed E-state index contributed by atoms with van der Waals surface area (Å²) in [5, 5.41) is 7.25. The summed E-state index contributed by atoms with van der Waals surface area (Å²) >= 11 is 0. The smallest absolute Gasteiger partial charge is 0.256 e. The summed E-state index contributed by atoms with van der Waals surface area (Å²) in [6.45, 7) is 0.648. The van der Waals surface area contributed by atoms with Crippen molar-refractivity contribution in [3.63, 3.8) is 0 Å². The highest BCUT2D eigenvalue weighted by Gasteiger charge is 2.48. The van der Waals surface area contributed by atoms with Gasteiger partial charge in [0.25, 0.3) is 5.91 Å². The summed E-state index contributed by atoms with van der Waals surface area (Å²) < 4.78 is 14.8. The van der Waals surface area contributed by atoms with E-state index >= 15 is 0 Å². The summed E-state index contributed by atoms with van der Waals surface area (Å²) in [5.74, 6) is -0.376. The number of carbonyl (C=O) groups excluding carboxylic acids is 2. The van der Waals surface area contributed by atoms with Gasteiger partial charge in [0.2, 0.25) is 5.91 Å². The van der Waals surface area contributed by atoms with E-state index in [1.165, 1.54) is 18.3 Å². The van der Waals surface area contributed by atoms with Crippen molar-refractivity contribution in [2.45, 2.75) is 38.1 Å². The highest BCUT2D eigenvalue weighted by atomic mass is 19.1. The summed E-state index contributed by atoms with van der Waals surface area (Å²) in [6, 6.07) is 7.86. The maximum Gasteiger partial charge on any atom is 0.256 e. The van der Waals surface area contributed by atoms with Crippen LogP contribution < -0.4 is 10.2 Å². The van der Waals surface area contributed by atoms with Crippen LogP contribution in [0.1, 0.15) is 42.5 Å². The molecule has 1 saturated carbocycles. The van der Waals surface area contributed by atoms with Crippen molar-refractivity contribution in [2.24, 2.45) is 5.41 Å². The number of hydrogen-bond acceptors (Lipinski definition) is 4. The molecule has 2 aromatic heterocycles. The van der Waals surface area contributed by atoms with Crippen molar-refractivity contribution in [2.75, 3.05) is 11.4 Å². The number of rotatable bonds is 3. The van der Waals surface area contributed by atoms with Gasteiger partial charge in [0, 0.05) is 30.7 Å². The van der Waals surface area contributed by atoms with Crippen molar-refractivity contribution >= 4 is 23.1 Å². The number of carbonyl (C=O) groups is 2. The van der Waals surface area contributed by atoms with Gasteiger partial charge >= 0.3 is 0 Å². The molecule has 2 fully saturated rings. The van der Waals surface area contributed by atoms with Crippen LogP contribution in [0.15, 0.2) is 48.9 Å². The van der Waals surface area contributed by atoms with Crippen LogP contribution in [0, 0.1) is 11.2 Å². The number of nitrogens with zero attached hydrogens (tertiary/aromatic N) is 4. The highest BCUT2D eigenvalue weighted by Crippen LogP contribution is 2.46. The van der Waals surface area contributed by atoms with Crippen LogP contribution in [0.5, 0.6) is 0 Å². The van der Waals surface area contributed by atoms with Crippen LogP contribution in [0.3, 0.4) is 0 Å². The van der Waals surface area contributed by atoms with Gasteiger partial charge < -0.3 is 10.2 Å². The first-order valence-electron chi connectivity index (χ1n) is 10.2. The van der Waals surface area contributed by atoms with Crippen LogP contribution in [0.25, 0.3) is 5.65 Å². The van der Waals surface area contributed by atoms with Gasteiger partial charge in [0.1, 0.15) is 11.4 Å². The number of anilines is 1. The number of benzene rings is 1. The van der Waals surface area contributed by atoms with Crippen LogP contribution >= 0.6 is 0 Å². The molecule has 2 amide bonds. The Balaban J connectivity index is 1.23. The van der Waals surface area contributed by atoms with Crippen LogP contribution in [-0.2, 0) is 4.79 Å². The Hall–Kier alpha value is -3.29.